The molecule has 1 saturated heterocycles. The van der Waals surface area contributed by atoms with Crippen molar-refractivity contribution < 1.29 is 4.39 Å². The third-order valence-electron chi connectivity index (χ3n) is 6.57. The van der Waals surface area contributed by atoms with E-state index in [9.17, 15) is 4.39 Å². The first-order valence-electron chi connectivity index (χ1n) is 11.7. The predicted molar refractivity (Wildman–Crippen MR) is 130 cm³/mol. The Balaban J connectivity index is 1.44. The number of nitrogens with one attached hydrogen (secondary N) is 2. The second-order valence-electron chi connectivity index (χ2n) is 8.76. The topological polar surface area (TPSA) is 91.8 Å². The normalized spacial score (nSPS) is 16.4. The molecular weight excluding hydrogens is 431 g/mol. The first kappa shape index (κ1) is 20.9. The van der Waals surface area contributed by atoms with Gasteiger partial charge in [0, 0.05) is 49.5 Å². The summed E-state index contributed by atoms with van der Waals surface area (Å²) in [7, 11) is 0. The van der Waals surface area contributed by atoms with Gasteiger partial charge in [-0.3, -0.25) is 4.98 Å². The summed E-state index contributed by atoms with van der Waals surface area (Å²) in [4.78, 5) is 25.1. The lowest BCUT2D eigenvalue weighted by molar-refractivity contribution is 0.421. The lowest BCUT2D eigenvalue weighted by Crippen LogP contribution is -2.44. The van der Waals surface area contributed by atoms with Crippen LogP contribution in [0.4, 0.5) is 21.8 Å². The molecule has 172 valence electrons. The SMILES string of the molecule is Fc1cccc(Nc2cc(-c3nc(N4CCNCC4)c4c(C5CCC5)cncc4n3)ccn2)n1. The zero-order valence-corrected chi connectivity index (χ0v) is 18.7. The fourth-order valence-corrected chi connectivity index (χ4v) is 4.60. The van der Waals surface area contributed by atoms with Crippen LogP contribution >= 0.6 is 0 Å². The highest BCUT2D eigenvalue weighted by atomic mass is 19.1. The van der Waals surface area contributed by atoms with Crippen molar-refractivity contribution in [2.45, 2.75) is 25.2 Å². The lowest BCUT2D eigenvalue weighted by Gasteiger charge is -2.32. The monoisotopic (exact) mass is 456 g/mol. The largest absolute Gasteiger partial charge is 0.353 e. The number of hydrogen-bond donors (Lipinski definition) is 2. The second-order valence-corrected chi connectivity index (χ2v) is 8.76. The third kappa shape index (κ3) is 4.03. The van der Waals surface area contributed by atoms with Gasteiger partial charge in [-0.2, -0.15) is 4.39 Å². The van der Waals surface area contributed by atoms with Crippen LogP contribution in [0.1, 0.15) is 30.7 Å². The van der Waals surface area contributed by atoms with Crippen LogP contribution in [0.3, 0.4) is 0 Å². The molecule has 2 N–H and O–H groups in total. The number of nitrogens with zero attached hydrogens (tertiary/aromatic N) is 6. The second kappa shape index (κ2) is 8.90. The fourth-order valence-electron chi connectivity index (χ4n) is 4.60. The standard InChI is InChI=1S/C25H25FN8/c26-20-5-2-6-21(31-20)32-22-13-17(7-8-29-22)24-30-19-15-28-14-18(16-3-1-4-16)23(19)25(33-24)34-11-9-27-10-12-34/h2,5-8,13-16,27H,1,3-4,9-12H2,(H,29,31,32). The summed E-state index contributed by atoms with van der Waals surface area (Å²) >= 11 is 0. The smallest absolute Gasteiger partial charge is 0.214 e. The maximum Gasteiger partial charge on any atom is 0.214 e. The predicted octanol–water partition coefficient (Wildman–Crippen LogP) is 4.04. The molecule has 0 radical (unpaired) electrons. The van der Waals surface area contributed by atoms with Crippen molar-refractivity contribution in [2.24, 2.45) is 0 Å². The summed E-state index contributed by atoms with van der Waals surface area (Å²) in [5.74, 6) is 2.51. The van der Waals surface area contributed by atoms with E-state index in [2.05, 4.69) is 30.5 Å². The van der Waals surface area contributed by atoms with E-state index in [0.29, 0.717) is 23.4 Å². The maximum absolute atomic E-state index is 13.5. The van der Waals surface area contributed by atoms with Crippen molar-refractivity contribution >= 4 is 28.4 Å². The van der Waals surface area contributed by atoms with Crippen LogP contribution in [-0.4, -0.2) is 51.1 Å². The number of anilines is 3. The van der Waals surface area contributed by atoms with Gasteiger partial charge in [0.25, 0.3) is 0 Å². The van der Waals surface area contributed by atoms with Crippen molar-refractivity contribution in [2.75, 3.05) is 36.4 Å². The van der Waals surface area contributed by atoms with E-state index in [1.54, 1.807) is 18.3 Å². The molecule has 4 aromatic rings. The minimum Gasteiger partial charge on any atom is -0.353 e. The van der Waals surface area contributed by atoms with Crippen molar-refractivity contribution in [3.8, 4) is 11.4 Å². The zero-order chi connectivity index (χ0) is 22.9. The summed E-state index contributed by atoms with van der Waals surface area (Å²) in [6, 6.07) is 8.35. The Hall–Kier alpha value is -3.72. The van der Waals surface area contributed by atoms with Gasteiger partial charge in [0.1, 0.15) is 17.5 Å². The summed E-state index contributed by atoms with van der Waals surface area (Å²) in [6.45, 7) is 3.64. The van der Waals surface area contributed by atoms with E-state index in [1.165, 1.54) is 30.9 Å². The molecule has 2 fully saturated rings. The molecule has 5 heterocycles. The van der Waals surface area contributed by atoms with Crippen LogP contribution in [0, 0.1) is 5.95 Å². The van der Waals surface area contributed by atoms with E-state index in [1.807, 2.05) is 24.5 Å². The molecule has 1 aliphatic carbocycles. The molecule has 2 aliphatic rings. The van der Waals surface area contributed by atoms with Gasteiger partial charge in [0.15, 0.2) is 5.82 Å². The fraction of sp³-hybridized carbons (Fsp3) is 0.320. The number of fused-ring (bicyclic) bond motifs is 1. The van der Waals surface area contributed by atoms with Crippen molar-refractivity contribution in [3.05, 3.63) is 60.4 Å². The van der Waals surface area contributed by atoms with Crippen molar-refractivity contribution in [1.82, 2.24) is 30.2 Å². The van der Waals surface area contributed by atoms with Gasteiger partial charge in [-0.15, -0.1) is 0 Å². The molecule has 1 aliphatic heterocycles. The van der Waals surface area contributed by atoms with E-state index >= 15 is 0 Å². The number of pyridine rings is 3. The zero-order valence-electron chi connectivity index (χ0n) is 18.7. The third-order valence-corrected chi connectivity index (χ3v) is 6.57. The van der Waals surface area contributed by atoms with Crippen LogP contribution in [0.2, 0.25) is 0 Å². The molecule has 0 atom stereocenters. The van der Waals surface area contributed by atoms with Gasteiger partial charge < -0.3 is 15.5 Å². The number of halogens is 1. The molecule has 4 aromatic heterocycles. The first-order chi connectivity index (χ1) is 16.7. The summed E-state index contributed by atoms with van der Waals surface area (Å²) in [5.41, 5.74) is 2.94. The summed E-state index contributed by atoms with van der Waals surface area (Å²) in [5, 5.41) is 7.61. The maximum atomic E-state index is 13.5. The van der Waals surface area contributed by atoms with Crippen LogP contribution in [0.15, 0.2) is 48.9 Å². The van der Waals surface area contributed by atoms with Crippen LogP contribution < -0.4 is 15.5 Å². The van der Waals surface area contributed by atoms with Gasteiger partial charge in [-0.1, -0.05) is 12.5 Å². The Kier molecular flexibility index (Phi) is 5.46. The first-order valence-corrected chi connectivity index (χ1v) is 11.7. The van der Waals surface area contributed by atoms with Crippen molar-refractivity contribution in [1.29, 1.82) is 0 Å². The van der Waals surface area contributed by atoms with Gasteiger partial charge >= 0.3 is 0 Å². The molecule has 9 heteroatoms. The van der Waals surface area contributed by atoms with E-state index in [-0.39, 0.29) is 0 Å². The number of piperazine rings is 1. The Morgan fingerprint density at radius 3 is 2.68 bits per heavy atom. The minimum atomic E-state index is -0.547. The Morgan fingerprint density at radius 1 is 1.00 bits per heavy atom. The van der Waals surface area contributed by atoms with Crippen LogP contribution in [-0.2, 0) is 0 Å². The number of aromatic nitrogens is 5. The Labute approximate surface area is 196 Å². The molecule has 0 bridgehead atoms. The average molecular weight is 457 g/mol. The molecule has 6 rings (SSSR count). The quantitative estimate of drug-likeness (QED) is 0.435. The van der Waals surface area contributed by atoms with E-state index in [0.717, 1.165) is 48.5 Å². The molecule has 0 unspecified atom stereocenters. The number of hydrogen-bond acceptors (Lipinski definition) is 8. The highest BCUT2D eigenvalue weighted by Gasteiger charge is 2.26. The molecule has 0 amide bonds. The molecule has 1 saturated carbocycles. The molecular formula is C25H25FN8. The van der Waals surface area contributed by atoms with Crippen LogP contribution in [0.5, 0.6) is 0 Å². The van der Waals surface area contributed by atoms with E-state index < -0.39 is 5.95 Å². The average Bonchev–Trinajstić information content (AvgIpc) is 2.83. The highest BCUT2D eigenvalue weighted by molar-refractivity contribution is 5.94. The van der Waals surface area contributed by atoms with Gasteiger partial charge in [-0.25, -0.2) is 19.9 Å². The van der Waals surface area contributed by atoms with Crippen LogP contribution in [0.25, 0.3) is 22.3 Å². The summed E-state index contributed by atoms with van der Waals surface area (Å²) in [6.07, 6.45) is 9.18. The minimum absolute atomic E-state index is 0.389. The summed E-state index contributed by atoms with van der Waals surface area (Å²) < 4.78 is 13.5. The molecule has 8 nitrogen and oxygen atoms in total. The van der Waals surface area contributed by atoms with Gasteiger partial charge in [0.2, 0.25) is 5.95 Å². The molecule has 0 aromatic carbocycles. The van der Waals surface area contributed by atoms with Crippen molar-refractivity contribution in [3.63, 3.8) is 0 Å². The van der Waals surface area contributed by atoms with Gasteiger partial charge in [-0.05, 0) is 48.6 Å². The highest BCUT2D eigenvalue weighted by Crippen LogP contribution is 2.42. The molecule has 0 spiro atoms. The Bertz CT molecular complexity index is 1330. The van der Waals surface area contributed by atoms with E-state index in [4.69, 9.17) is 9.97 Å². The molecule has 34 heavy (non-hydrogen) atoms. The Morgan fingerprint density at radius 2 is 1.88 bits per heavy atom. The van der Waals surface area contributed by atoms with Gasteiger partial charge in [0.05, 0.1) is 11.7 Å². The lowest BCUT2D eigenvalue weighted by atomic mass is 9.79. The number of rotatable bonds is 5.